The quantitative estimate of drug-likeness (QED) is 0.825. The number of nitrogens with zero attached hydrogens (tertiary/aromatic N) is 2. The fraction of sp³-hybridized carbons (Fsp3) is 0.125. The third-order valence-corrected chi connectivity index (χ3v) is 3.53. The molecule has 0 unspecified atom stereocenters. The minimum Gasteiger partial charge on any atom is -0.307 e. The molecule has 0 spiro atoms. The standard InChI is InChI=1S/C16H13ClN2O/c1-2-19-14-6-4-3-5-13(14)15(16(19)20)18-12-9-7-11(17)8-10-12/h3-10H,2H2,1H3. The van der Waals surface area contributed by atoms with E-state index in [1.54, 1.807) is 29.2 Å². The van der Waals surface area contributed by atoms with Crippen molar-refractivity contribution in [3.63, 3.8) is 0 Å². The van der Waals surface area contributed by atoms with Crippen molar-refractivity contribution in [1.29, 1.82) is 0 Å². The van der Waals surface area contributed by atoms with Crippen LogP contribution in [0.2, 0.25) is 5.02 Å². The van der Waals surface area contributed by atoms with Gasteiger partial charge in [-0.3, -0.25) is 4.79 Å². The normalized spacial score (nSPS) is 15.8. The lowest BCUT2D eigenvalue weighted by Crippen LogP contribution is -2.29. The first-order valence-electron chi connectivity index (χ1n) is 6.46. The summed E-state index contributed by atoms with van der Waals surface area (Å²) < 4.78 is 0. The predicted molar refractivity (Wildman–Crippen MR) is 82.1 cm³/mol. The third kappa shape index (κ3) is 2.10. The molecule has 0 N–H and O–H groups in total. The number of para-hydroxylation sites is 1. The average Bonchev–Trinajstić information content (AvgIpc) is 2.74. The van der Waals surface area contributed by atoms with Crippen molar-refractivity contribution in [2.45, 2.75) is 6.92 Å². The van der Waals surface area contributed by atoms with E-state index in [0.29, 0.717) is 17.3 Å². The average molecular weight is 285 g/mol. The molecule has 3 nitrogen and oxygen atoms in total. The molecule has 20 heavy (non-hydrogen) atoms. The van der Waals surface area contributed by atoms with Gasteiger partial charge in [-0.15, -0.1) is 0 Å². The number of halogens is 1. The van der Waals surface area contributed by atoms with Gasteiger partial charge < -0.3 is 4.90 Å². The van der Waals surface area contributed by atoms with E-state index in [1.807, 2.05) is 31.2 Å². The molecule has 4 heteroatoms. The number of hydrogen-bond acceptors (Lipinski definition) is 2. The molecular weight excluding hydrogens is 272 g/mol. The Morgan fingerprint density at radius 3 is 2.50 bits per heavy atom. The SMILES string of the molecule is CCN1C(=O)C(=Nc2ccc(Cl)cc2)c2ccccc21. The maximum absolute atomic E-state index is 12.4. The molecule has 1 aliphatic rings. The van der Waals surface area contributed by atoms with Gasteiger partial charge in [0.05, 0.1) is 11.4 Å². The van der Waals surface area contributed by atoms with Gasteiger partial charge in [0.15, 0.2) is 0 Å². The molecular formula is C16H13ClN2O. The summed E-state index contributed by atoms with van der Waals surface area (Å²) in [6, 6.07) is 14.9. The second-order valence-electron chi connectivity index (χ2n) is 4.50. The molecule has 0 saturated carbocycles. The van der Waals surface area contributed by atoms with Gasteiger partial charge in [0.25, 0.3) is 5.91 Å². The van der Waals surface area contributed by atoms with Crippen LogP contribution in [0.3, 0.4) is 0 Å². The number of aliphatic imine (C=N–C) groups is 1. The second-order valence-corrected chi connectivity index (χ2v) is 4.94. The lowest BCUT2D eigenvalue weighted by atomic mass is 10.1. The highest BCUT2D eigenvalue weighted by atomic mass is 35.5. The van der Waals surface area contributed by atoms with Crippen LogP contribution in [0.4, 0.5) is 11.4 Å². The summed E-state index contributed by atoms with van der Waals surface area (Å²) in [5, 5.41) is 0.655. The van der Waals surface area contributed by atoms with Crippen LogP contribution in [0.25, 0.3) is 0 Å². The molecule has 100 valence electrons. The Balaban J connectivity index is 2.10. The van der Waals surface area contributed by atoms with Crippen molar-refractivity contribution in [1.82, 2.24) is 0 Å². The number of hydrogen-bond donors (Lipinski definition) is 0. The van der Waals surface area contributed by atoms with E-state index in [1.165, 1.54) is 0 Å². The number of amides is 1. The minimum atomic E-state index is -0.0522. The zero-order valence-electron chi connectivity index (χ0n) is 11.0. The fourth-order valence-electron chi connectivity index (χ4n) is 2.33. The molecule has 0 saturated heterocycles. The summed E-state index contributed by atoms with van der Waals surface area (Å²) in [5.41, 5.74) is 3.03. The maximum Gasteiger partial charge on any atom is 0.277 e. The Bertz CT molecular complexity index is 692. The van der Waals surface area contributed by atoms with E-state index in [2.05, 4.69) is 4.99 Å². The first kappa shape index (κ1) is 12.9. The molecule has 0 fully saturated rings. The molecule has 1 amide bonds. The van der Waals surface area contributed by atoms with E-state index in [-0.39, 0.29) is 5.91 Å². The van der Waals surface area contributed by atoms with Gasteiger partial charge in [0.1, 0.15) is 5.71 Å². The summed E-state index contributed by atoms with van der Waals surface area (Å²) in [6.45, 7) is 2.59. The number of anilines is 1. The molecule has 2 aromatic carbocycles. The molecule has 0 bridgehead atoms. The third-order valence-electron chi connectivity index (χ3n) is 3.28. The van der Waals surface area contributed by atoms with Crippen LogP contribution in [0, 0.1) is 0 Å². The number of carbonyl (C=O) groups is 1. The molecule has 0 atom stereocenters. The van der Waals surface area contributed by atoms with E-state index in [0.717, 1.165) is 16.9 Å². The van der Waals surface area contributed by atoms with E-state index in [4.69, 9.17) is 11.6 Å². The summed E-state index contributed by atoms with van der Waals surface area (Å²) in [6.07, 6.45) is 0. The number of fused-ring (bicyclic) bond motifs is 1. The van der Waals surface area contributed by atoms with Crippen LogP contribution in [-0.2, 0) is 4.79 Å². The van der Waals surface area contributed by atoms with Crippen molar-refractivity contribution in [3.05, 3.63) is 59.1 Å². The molecule has 0 aliphatic carbocycles. The number of likely N-dealkylation sites (N-methyl/N-ethyl adjacent to an activating group) is 1. The van der Waals surface area contributed by atoms with Gasteiger partial charge in [-0.05, 0) is 37.3 Å². The van der Waals surface area contributed by atoms with Gasteiger partial charge in [0, 0.05) is 17.1 Å². The lowest BCUT2D eigenvalue weighted by molar-refractivity contribution is -0.112. The van der Waals surface area contributed by atoms with Crippen LogP contribution in [0.1, 0.15) is 12.5 Å². The van der Waals surface area contributed by atoms with Gasteiger partial charge in [-0.25, -0.2) is 4.99 Å². The largest absolute Gasteiger partial charge is 0.307 e. The highest BCUT2D eigenvalue weighted by Crippen LogP contribution is 2.30. The fourth-order valence-corrected chi connectivity index (χ4v) is 2.45. The Kier molecular flexibility index (Phi) is 3.28. The van der Waals surface area contributed by atoms with E-state index in [9.17, 15) is 4.79 Å². The number of rotatable bonds is 2. The summed E-state index contributed by atoms with van der Waals surface area (Å²) in [4.78, 5) is 18.7. The smallest absolute Gasteiger partial charge is 0.277 e. The van der Waals surface area contributed by atoms with Gasteiger partial charge in [0.2, 0.25) is 0 Å². The predicted octanol–water partition coefficient (Wildman–Crippen LogP) is 3.83. The number of benzene rings is 2. The van der Waals surface area contributed by atoms with E-state index >= 15 is 0 Å². The molecule has 0 radical (unpaired) electrons. The Labute approximate surface area is 122 Å². The molecule has 1 aliphatic heterocycles. The van der Waals surface area contributed by atoms with Crippen LogP contribution in [-0.4, -0.2) is 18.2 Å². The molecule has 3 rings (SSSR count). The van der Waals surface area contributed by atoms with E-state index < -0.39 is 0 Å². The van der Waals surface area contributed by atoms with Crippen molar-refractivity contribution in [2.75, 3.05) is 11.4 Å². The molecule has 2 aromatic rings. The van der Waals surface area contributed by atoms with Crippen LogP contribution >= 0.6 is 11.6 Å². The summed E-state index contributed by atoms with van der Waals surface area (Å²) >= 11 is 5.86. The Hall–Kier alpha value is -2.13. The minimum absolute atomic E-state index is 0.0522. The zero-order chi connectivity index (χ0) is 14.1. The van der Waals surface area contributed by atoms with Crippen LogP contribution in [0.15, 0.2) is 53.5 Å². The summed E-state index contributed by atoms with van der Waals surface area (Å²) in [5.74, 6) is -0.0522. The lowest BCUT2D eigenvalue weighted by Gasteiger charge is -2.12. The van der Waals surface area contributed by atoms with Crippen molar-refractivity contribution < 1.29 is 4.79 Å². The highest BCUT2D eigenvalue weighted by Gasteiger charge is 2.32. The van der Waals surface area contributed by atoms with Crippen LogP contribution < -0.4 is 4.90 Å². The maximum atomic E-state index is 12.4. The zero-order valence-corrected chi connectivity index (χ0v) is 11.8. The number of carbonyl (C=O) groups excluding carboxylic acids is 1. The molecule has 1 heterocycles. The van der Waals surface area contributed by atoms with Gasteiger partial charge in [-0.1, -0.05) is 29.8 Å². The topological polar surface area (TPSA) is 32.7 Å². The second kappa shape index (κ2) is 5.10. The first-order valence-corrected chi connectivity index (χ1v) is 6.84. The van der Waals surface area contributed by atoms with Crippen molar-refractivity contribution in [2.24, 2.45) is 4.99 Å². The van der Waals surface area contributed by atoms with Gasteiger partial charge in [-0.2, -0.15) is 0 Å². The van der Waals surface area contributed by atoms with Crippen molar-refractivity contribution >= 4 is 34.6 Å². The summed E-state index contributed by atoms with van der Waals surface area (Å²) in [7, 11) is 0. The Morgan fingerprint density at radius 2 is 1.80 bits per heavy atom. The van der Waals surface area contributed by atoms with Crippen LogP contribution in [0.5, 0.6) is 0 Å². The first-order chi connectivity index (χ1) is 9.70. The van der Waals surface area contributed by atoms with Crippen molar-refractivity contribution in [3.8, 4) is 0 Å². The Morgan fingerprint density at radius 1 is 1.10 bits per heavy atom. The molecule has 0 aromatic heterocycles. The highest BCUT2D eigenvalue weighted by molar-refractivity contribution is 6.54. The monoisotopic (exact) mass is 284 g/mol. The van der Waals surface area contributed by atoms with Gasteiger partial charge >= 0.3 is 0 Å².